The van der Waals surface area contributed by atoms with E-state index in [4.69, 9.17) is 5.73 Å². The molecule has 104 valence electrons. The van der Waals surface area contributed by atoms with Crippen LogP contribution in [0.2, 0.25) is 0 Å². The lowest BCUT2D eigenvalue weighted by Gasteiger charge is -2.33. The fraction of sp³-hybridized carbons (Fsp3) is 0.818. The average Bonchev–Trinajstić information content (AvgIpc) is 2.64. The molecule has 0 aromatic heterocycles. The van der Waals surface area contributed by atoms with Gasteiger partial charge in [0.1, 0.15) is 0 Å². The van der Waals surface area contributed by atoms with Crippen molar-refractivity contribution in [3.05, 3.63) is 0 Å². The second kappa shape index (κ2) is 5.26. The van der Waals surface area contributed by atoms with E-state index >= 15 is 0 Å². The standard InChI is InChI=1S/C11H17F3N2O2/c1-6(2)8(9(17)11(12,13)14)16-5-3-4-7(16)10(15)18/h6-8H,3-5H2,1-2H3,(H2,15,18)/t7-,8-/m0/s1. The number of hydrogen-bond acceptors (Lipinski definition) is 3. The Balaban J connectivity index is 2.99. The molecule has 7 heteroatoms. The fourth-order valence-electron chi connectivity index (χ4n) is 2.43. The van der Waals surface area contributed by atoms with E-state index in [2.05, 4.69) is 0 Å². The third kappa shape index (κ3) is 3.01. The van der Waals surface area contributed by atoms with Crippen LogP contribution in [-0.4, -0.2) is 41.4 Å². The first kappa shape index (κ1) is 14.9. The molecule has 0 saturated carbocycles. The molecule has 1 fully saturated rings. The number of rotatable bonds is 4. The summed E-state index contributed by atoms with van der Waals surface area (Å²) >= 11 is 0. The van der Waals surface area contributed by atoms with Crippen LogP contribution in [0, 0.1) is 5.92 Å². The Kier molecular flexibility index (Phi) is 4.37. The van der Waals surface area contributed by atoms with Gasteiger partial charge in [-0.15, -0.1) is 0 Å². The first-order valence-electron chi connectivity index (χ1n) is 5.82. The number of nitrogens with zero attached hydrogens (tertiary/aromatic N) is 1. The number of alkyl halides is 3. The molecule has 0 spiro atoms. The van der Waals surface area contributed by atoms with Gasteiger partial charge in [-0.25, -0.2) is 0 Å². The van der Waals surface area contributed by atoms with Crippen LogP contribution in [0.3, 0.4) is 0 Å². The molecule has 1 aliphatic heterocycles. The van der Waals surface area contributed by atoms with Gasteiger partial charge in [0.15, 0.2) is 0 Å². The minimum Gasteiger partial charge on any atom is -0.368 e. The normalized spacial score (nSPS) is 23.3. The number of halogens is 3. The highest BCUT2D eigenvalue weighted by molar-refractivity contribution is 5.90. The lowest BCUT2D eigenvalue weighted by atomic mass is 9.96. The average molecular weight is 266 g/mol. The van der Waals surface area contributed by atoms with Crippen molar-refractivity contribution >= 4 is 11.7 Å². The second-order valence-electron chi connectivity index (χ2n) is 4.85. The third-order valence-corrected chi connectivity index (χ3v) is 3.16. The Morgan fingerprint density at radius 1 is 1.33 bits per heavy atom. The summed E-state index contributed by atoms with van der Waals surface area (Å²) < 4.78 is 37.6. The van der Waals surface area contributed by atoms with Crippen molar-refractivity contribution < 1.29 is 22.8 Å². The number of ketones is 1. The Bertz CT molecular complexity index is 342. The topological polar surface area (TPSA) is 63.4 Å². The molecule has 1 amide bonds. The molecular formula is C11H17F3N2O2. The van der Waals surface area contributed by atoms with Crippen molar-refractivity contribution in [1.82, 2.24) is 4.90 Å². The number of primary amides is 1. The number of nitrogens with two attached hydrogens (primary N) is 1. The monoisotopic (exact) mass is 266 g/mol. The molecule has 0 aromatic carbocycles. The Morgan fingerprint density at radius 2 is 1.89 bits per heavy atom. The molecule has 0 bridgehead atoms. The van der Waals surface area contributed by atoms with Crippen LogP contribution >= 0.6 is 0 Å². The Hall–Kier alpha value is -1.11. The van der Waals surface area contributed by atoms with Gasteiger partial charge in [-0.1, -0.05) is 13.8 Å². The summed E-state index contributed by atoms with van der Waals surface area (Å²) in [7, 11) is 0. The Morgan fingerprint density at radius 3 is 2.28 bits per heavy atom. The van der Waals surface area contributed by atoms with Crippen LogP contribution in [0.4, 0.5) is 13.2 Å². The van der Waals surface area contributed by atoms with E-state index in [-0.39, 0.29) is 6.54 Å². The maximum absolute atomic E-state index is 12.5. The van der Waals surface area contributed by atoms with E-state index in [9.17, 15) is 22.8 Å². The van der Waals surface area contributed by atoms with Crippen molar-refractivity contribution in [3.63, 3.8) is 0 Å². The molecular weight excluding hydrogens is 249 g/mol. The zero-order chi connectivity index (χ0) is 14.1. The van der Waals surface area contributed by atoms with Crippen molar-refractivity contribution in [2.24, 2.45) is 11.7 Å². The summed E-state index contributed by atoms with van der Waals surface area (Å²) in [5.41, 5.74) is 5.16. The molecule has 4 nitrogen and oxygen atoms in total. The van der Waals surface area contributed by atoms with Crippen LogP contribution in [-0.2, 0) is 9.59 Å². The summed E-state index contributed by atoms with van der Waals surface area (Å²) in [5, 5.41) is 0. The zero-order valence-corrected chi connectivity index (χ0v) is 10.3. The predicted octanol–water partition coefficient (Wildman–Crippen LogP) is 1.09. The molecule has 2 N–H and O–H groups in total. The molecule has 1 aliphatic rings. The molecule has 18 heavy (non-hydrogen) atoms. The van der Waals surface area contributed by atoms with Gasteiger partial charge in [-0.3, -0.25) is 14.5 Å². The number of carbonyl (C=O) groups excluding carboxylic acids is 2. The lowest BCUT2D eigenvalue weighted by Crippen LogP contribution is -2.54. The van der Waals surface area contributed by atoms with Gasteiger partial charge < -0.3 is 5.73 Å². The smallest absolute Gasteiger partial charge is 0.368 e. The molecule has 1 rings (SSSR count). The quantitative estimate of drug-likeness (QED) is 0.828. The maximum atomic E-state index is 12.5. The van der Waals surface area contributed by atoms with E-state index in [0.29, 0.717) is 12.8 Å². The highest BCUT2D eigenvalue weighted by atomic mass is 19.4. The van der Waals surface area contributed by atoms with E-state index < -0.39 is 35.9 Å². The molecule has 0 radical (unpaired) electrons. The summed E-state index contributed by atoms with van der Waals surface area (Å²) in [6, 6.07) is -2.10. The van der Waals surface area contributed by atoms with Crippen LogP contribution in [0.15, 0.2) is 0 Å². The highest BCUT2D eigenvalue weighted by Crippen LogP contribution is 2.29. The van der Waals surface area contributed by atoms with E-state index in [1.807, 2.05) is 0 Å². The van der Waals surface area contributed by atoms with Crippen LogP contribution in [0.25, 0.3) is 0 Å². The molecule has 1 saturated heterocycles. The minimum atomic E-state index is -4.89. The summed E-state index contributed by atoms with van der Waals surface area (Å²) in [4.78, 5) is 23.9. The zero-order valence-electron chi connectivity index (χ0n) is 10.3. The highest BCUT2D eigenvalue weighted by Gasteiger charge is 2.49. The van der Waals surface area contributed by atoms with Gasteiger partial charge >= 0.3 is 6.18 Å². The Labute approximate surface area is 103 Å². The van der Waals surface area contributed by atoms with Gasteiger partial charge in [0.2, 0.25) is 5.91 Å². The van der Waals surface area contributed by atoms with Crippen LogP contribution < -0.4 is 5.73 Å². The summed E-state index contributed by atoms with van der Waals surface area (Å²) in [5.74, 6) is -3.00. The summed E-state index contributed by atoms with van der Waals surface area (Å²) in [6.45, 7) is 3.35. The predicted molar refractivity (Wildman–Crippen MR) is 58.6 cm³/mol. The summed E-state index contributed by atoms with van der Waals surface area (Å²) in [6.07, 6.45) is -3.91. The maximum Gasteiger partial charge on any atom is 0.451 e. The molecule has 0 aromatic rings. The van der Waals surface area contributed by atoms with E-state index in [0.717, 1.165) is 0 Å². The first-order chi connectivity index (χ1) is 8.16. The van der Waals surface area contributed by atoms with Crippen molar-refractivity contribution in [3.8, 4) is 0 Å². The van der Waals surface area contributed by atoms with Gasteiger partial charge in [-0.2, -0.15) is 13.2 Å². The molecule has 0 unspecified atom stereocenters. The number of amides is 1. The largest absolute Gasteiger partial charge is 0.451 e. The molecule has 2 atom stereocenters. The van der Waals surface area contributed by atoms with Crippen LogP contribution in [0.1, 0.15) is 26.7 Å². The van der Waals surface area contributed by atoms with Crippen molar-refractivity contribution in [2.75, 3.05) is 6.54 Å². The second-order valence-corrected chi connectivity index (χ2v) is 4.85. The number of carbonyl (C=O) groups is 2. The third-order valence-electron chi connectivity index (χ3n) is 3.16. The SMILES string of the molecule is CC(C)[C@@H](C(=O)C(F)(F)F)N1CCC[C@H]1C(N)=O. The molecule has 1 heterocycles. The van der Waals surface area contributed by atoms with Gasteiger partial charge in [0, 0.05) is 0 Å². The first-order valence-corrected chi connectivity index (χ1v) is 5.82. The number of hydrogen-bond donors (Lipinski definition) is 1. The minimum absolute atomic E-state index is 0.290. The van der Waals surface area contributed by atoms with E-state index in [1.165, 1.54) is 18.7 Å². The van der Waals surface area contributed by atoms with Crippen molar-refractivity contribution in [2.45, 2.75) is 44.9 Å². The number of Topliss-reactive ketones (excluding diaryl/α,β-unsaturated/α-hetero) is 1. The van der Waals surface area contributed by atoms with Gasteiger partial charge in [-0.05, 0) is 25.3 Å². The van der Waals surface area contributed by atoms with Crippen molar-refractivity contribution in [1.29, 1.82) is 0 Å². The molecule has 0 aliphatic carbocycles. The lowest BCUT2D eigenvalue weighted by molar-refractivity contribution is -0.179. The van der Waals surface area contributed by atoms with Gasteiger partial charge in [0.25, 0.3) is 5.78 Å². The van der Waals surface area contributed by atoms with Crippen LogP contribution in [0.5, 0.6) is 0 Å². The fourth-order valence-corrected chi connectivity index (χ4v) is 2.43. The van der Waals surface area contributed by atoms with Gasteiger partial charge in [0.05, 0.1) is 12.1 Å². The number of likely N-dealkylation sites (tertiary alicyclic amines) is 1. The van der Waals surface area contributed by atoms with E-state index in [1.54, 1.807) is 0 Å².